The van der Waals surface area contributed by atoms with Crippen molar-refractivity contribution in [3.8, 4) is 0 Å². The van der Waals surface area contributed by atoms with Crippen LogP contribution in [0.2, 0.25) is 0 Å². The molecule has 1 rings (SSSR count). The van der Waals surface area contributed by atoms with Gasteiger partial charge in [-0.25, -0.2) is 9.18 Å². The van der Waals surface area contributed by atoms with Crippen LogP contribution in [0.15, 0.2) is 23.0 Å². The lowest BCUT2D eigenvalue weighted by Gasteiger charge is -1.97. The molecule has 0 spiro atoms. The van der Waals surface area contributed by atoms with E-state index in [-0.39, 0.29) is 6.42 Å². The first-order valence-corrected chi connectivity index (χ1v) is 3.08. The summed E-state index contributed by atoms with van der Waals surface area (Å²) >= 11 is 0. The van der Waals surface area contributed by atoms with E-state index >= 15 is 0 Å². The Morgan fingerprint density at radius 2 is 2.55 bits per heavy atom. The quantitative estimate of drug-likeness (QED) is 0.720. The minimum Gasteiger partial charge on any atom is -0.479 e. The van der Waals surface area contributed by atoms with Gasteiger partial charge in [-0.2, -0.15) is 0 Å². The number of hydrogen-bond acceptors (Lipinski definition) is 2. The summed E-state index contributed by atoms with van der Waals surface area (Å²) in [6, 6.07) is 1.54. The van der Waals surface area contributed by atoms with Crippen molar-refractivity contribution >= 4 is 5.97 Å². The molecule has 0 amide bonds. The third-order valence-electron chi connectivity index (χ3n) is 1.26. The van der Waals surface area contributed by atoms with Crippen molar-refractivity contribution < 1.29 is 18.7 Å². The summed E-state index contributed by atoms with van der Waals surface area (Å²) in [7, 11) is 0. The zero-order valence-electron chi connectivity index (χ0n) is 5.66. The highest BCUT2D eigenvalue weighted by Gasteiger charge is 2.16. The third-order valence-corrected chi connectivity index (χ3v) is 1.26. The summed E-state index contributed by atoms with van der Waals surface area (Å²) < 4.78 is 17.1. The zero-order chi connectivity index (χ0) is 8.27. The van der Waals surface area contributed by atoms with Crippen molar-refractivity contribution in [3.63, 3.8) is 0 Å². The SMILES string of the molecule is O=C(O)C(F)Cc1ccoc1. The second-order valence-electron chi connectivity index (χ2n) is 2.14. The molecule has 11 heavy (non-hydrogen) atoms. The van der Waals surface area contributed by atoms with Crippen LogP contribution in [0, 0.1) is 0 Å². The molecule has 4 heteroatoms. The van der Waals surface area contributed by atoms with Gasteiger partial charge in [-0.15, -0.1) is 0 Å². The number of carboxylic acids is 1. The fourth-order valence-electron chi connectivity index (χ4n) is 0.703. The number of aliphatic carboxylic acids is 1. The molecule has 3 nitrogen and oxygen atoms in total. The molecular weight excluding hydrogens is 151 g/mol. The molecule has 60 valence electrons. The number of carbonyl (C=O) groups is 1. The average Bonchev–Trinajstić information content (AvgIpc) is 2.39. The molecule has 0 bridgehead atoms. The van der Waals surface area contributed by atoms with E-state index in [9.17, 15) is 9.18 Å². The van der Waals surface area contributed by atoms with Gasteiger partial charge in [0, 0.05) is 6.42 Å². The highest BCUT2D eigenvalue weighted by molar-refractivity contribution is 5.72. The van der Waals surface area contributed by atoms with Gasteiger partial charge in [0.2, 0.25) is 6.17 Å². The Morgan fingerprint density at radius 1 is 1.82 bits per heavy atom. The zero-order valence-corrected chi connectivity index (χ0v) is 5.66. The van der Waals surface area contributed by atoms with Gasteiger partial charge in [-0.1, -0.05) is 0 Å². The maximum absolute atomic E-state index is 12.4. The predicted octanol–water partition coefficient (Wildman–Crippen LogP) is 1.24. The number of carboxylic acid groups (broad SMARTS) is 1. The lowest BCUT2D eigenvalue weighted by molar-refractivity contribution is -0.142. The molecule has 1 aromatic rings. The summed E-state index contributed by atoms with van der Waals surface area (Å²) in [6.07, 6.45) is 0.734. The summed E-state index contributed by atoms with van der Waals surface area (Å²) in [5, 5.41) is 8.18. The average molecular weight is 158 g/mol. The molecule has 0 aliphatic carbocycles. The van der Waals surface area contributed by atoms with Crippen molar-refractivity contribution in [1.29, 1.82) is 0 Å². The maximum Gasteiger partial charge on any atom is 0.338 e. The van der Waals surface area contributed by atoms with Crippen molar-refractivity contribution in [2.24, 2.45) is 0 Å². The highest BCUT2D eigenvalue weighted by Crippen LogP contribution is 2.06. The van der Waals surface area contributed by atoms with Crippen molar-refractivity contribution in [3.05, 3.63) is 24.2 Å². The fraction of sp³-hybridized carbons (Fsp3) is 0.286. The summed E-state index contributed by atoms with van der Waals surface area (Å²) in [6.45, 7) is 0. The molecule has 1 atom stereocenters. The maximum atomic E-state index is 12.4. The first-order valence-electron chi connectivity index (χ1n) is 3.08. The molecule has 1 heterocycles. The van der Waals surface area contributed by atoms with E-state index in [0.717, 1.165) is 0 Å². The minimum atomic E-state index is -1.84. The van der Waals surface area contributed by atoms with E-state index in [4.69, 9.17) is 5.11 Å². The Morgan fingerprint density at radius 3 is 3.00 bits per heavy atom. The minimum absolute atomic E-state index is 0.133. The first-order chi connectivity index (χ1) is 5.20. The molecule has 1 N–H and O–H groups in total. The molecule has 0 fully saturated rings. The van der Waals surface area contributed by atoms with Crippen LogP contribution >= 0.6 is 0 Å². The third kappa shape index (κ3) is 2.07. The standard InChI is InChI=1S/C7H7FO3/c8-6(7(9)10)3-5-1-2-11-4-5/h1-2,4,6H,3H2,(H,9,10). The van der Waals surface area contributed by atoms with Crippen molar-refractivity contribution in [2.75, 3.05) is 0 Å². The molecule has 0 saturated carbocycles. The van der Waals surface area contributed by atoms with E-state index in [1.807, 2.05) is 0 Å². The van der Waals surface area contributed by atoms with Crippen molar-refractivity contribution in [2.45, 2.75) is 12.6 Å². The molecule has 0 aromatic carbocycles. The summed E-state index contributed by atoms with van der Waals surface area (Å²) in [5.41, 5.74) is 0.555. The van der Waals surface area contributed by atoms with E-state index in [1.54, 1.807) is 0 Å². The molecule has 1 aromatic heterocycles. The number of halogens is 1. The largest absolute Gasteiger partial charge is 0.479 e. The number of hydrogen-bond donors (Lipinski definition) is 1. The molecule has 0 saturated heterocycles. The van der Waals surface area contributed by atoms with Gasteiger partial charge in [-0.05, 0) is 11.6 Å². The Labute approximate surface area is 62.4 Å². The second kappa shape index (κ2) is 3.18. The molecule has 0 aliphatic rings. The van der Waals surface area contributed by atoms with Crippen molar-refractivity contribution in [1.82, 2.24) is 0 Å². The molecule has 1 unspecified atom stereocenters. The van der Waals surface area contributed by atoms with Crippen LogP contribution in [-0.4, -0.2) is 17.2 Å². The normalized spacial score (nSPS) is 12.8. The number of alkyl halides is 1. The molecule has 0 aliphatic heterocycles. The van der Waals surface area contributed by atoms with Gasteiger partial charge in [-0.3, -0.25) is 0 Å². The van der Waals surface area contributed by atoms with Gasteiger partial charge in [0.1, 0.15) is 0 Å². The number of rotatable bonds is 3. The monoisotopic (exact) mass is 158 g/mol. The molecule has 0 radical (unpaired) electrons. The van der Waals surface area contributed by atoms with E-state index in [1.165, 1.54) is 18.6 Å². The Hall–Kier alpha value is -1.32. The number of furan rings is 1. The fourth-order valence-corrected chi connectivity index (χ4v) is 0.703. The first kappa shape index (κ1) is 7.78. The second-order valence-corrected chi connectivity index (χ2v) is 2.14. The smallest absolute Gasteiger partial charge is 0.338 e. The Bertz CT molecular complexity index is 230. The van der Waals surface area contributed by atoms with Crippen LogP contribution in [0.3, 0.4) is 0 Å². The molecular formula is C7H7FO3. The topological polar surface area (TPSA) is 50.4 Å². The predicted molar refractivity (Wildman–Crippen MR) is 34.9 cm³/mol. The van der Waals surface area contributed by atoms with E-state index < -0.39 is 12.1 Å². The van der Waals surface area contributed by atoms with Gasteiger partial charge < -0.3 is 9.52 Å². The Balaban J connectivity index is 2.50. The van der Waals surface area contributed by atoms with Crippen LogP contribution in [0.4, 0.5) is 4.39 Å². The van der Waals surface area contributed by atoms with Crippen LogP contribution in [0.5, 0.6) is 0 Å². The lowest BCUT2D eigenvalue weighted by Crippen LogP contribution is -2.16. The van der Waals surface area contributed by atoms with Crippen LogP contribution in [0.1, 0.15) is 5.56 Å². The highest BCUT2D eigenvalue weighted by atomic mass is 19.1. The van der Waals surface area contributed by atoms with Crippen LogP contribution in [0.25, 0.3) is 0 Å². The van der Waals surface area contributed by atoms with E-state index in [0.29, 0.717) is 5.56 Å². The van der Waals surface area contributed by atoms with Crippen LogP contribution < -0.4 is 0 Å². The van der Waals surface area contributed by atoms with Gasteiger partial charge in [0.05, 0.1) is 12.5 Å². The van der Waals surface area contributed by atoms with Gasteiger partial charge >= 0.3 is 5.97 Å². The lowest BCUT2D eigenvalue weighted by atomic mass is 10.2. The van der Waals surface area contributed by atoms with E-state index in [2.05, 4.69) is 4.42 Å². The van der Waals surface area contributed by atoms with Gasteiger partial charge in [0.15, 0.2) is 0 Å². The Kier molecular flexibility index (Phi) is 2.25. The summed E-state index contributed by atoms with van der Waals surface area (Å²) in [5.74, 6) is -1.44. The van der Waals surface area contributed by atoms with Gasteiger partial charge in [0.25, 0.3) is 0 Å². The summed E-state index contributed by atoms with van der Waals surface area (Å²) in [4.78, 5) is 10.0. The van der Waals surface area contributed by atoms with Crippen LogP contribution in [-0.2, 0) is 11.2 Å².